The van der Waals surface area contributed by atoms with Crippen molar-refractivity contribution in [1.82, 2.24) is 4.31 Å². The standard InChI is InChI=1S/C19H22F2N2O3S/c1-15-2-5-17(6-3-15)26-13-12-22-8-10-23(11-9-22)27(24,25)19-7-4-16(20)14-18(19)21/h2-7,14H,8-13H2,1H3/p+1. The van der Waals surface area contributed by atoms with E-state index in [0.29, 0.717) is 38.9 Å². The summed E-state index contributed by atoms with van der Waals surface area (Å²) in [7, 11) is -3.95. The van der Waals surface area contributed by atoms with Gasteiger partial charge in [0.25, 0.3) is 0 Å². The Morgan fingerprint density at radius 1 is 1.07 bits per heavy atom. The van der Waals surface area contributed by atoms with Crippen molar-refractivity contribution in [1.29, 1.82) is 0 Å². The molecule has 1 aliphatic rings. The smallest absolute Gasteiger partial charge is 0.246 e. The molecule has 1 heterocycles. The second-order valence-corrected chi connectivity index (χ2v) is 8.55. The number of hydrogen-bond acceptors (Lipinski definition) is 3. The van der Waals surface area contributed by atoms with Crippen LogP contribution in [0.5, 0.6) is 5.75 Å². The number of quaternary nitrogens is 1. The molecule has 0 unspecified atom stereocenters. The minimum atomic E-state index is -3.95. The predicted molar refractivity (Wildman–Crippen MR) is 97.4 cm³/mol. The molecule has 8 heteroatoms. The highest BCUT2D eigenvalue weighted by Crippen LogP contribution is 2.20. The predicted octanol–water partition coefficient (Wildman–Crippen LogP) is 1.24. The van der Waals surface area contributed by atoms with Gasteiger partial charge < -0.3 is 9.64 Å². The van der Waals surface area contributed by atoms with Gasteiger partial charge in [-0.2, -0.15) is 4.31 Å². The second-order valence-electron chi connectivity index (χ2n) is 6.64. The molecule has 2 aromatic rings. The topological polar surface area (TPSA) is 51.1 Å². The fourth-order valence-electron chi connectivity index (χ4n) is 3.06. The van der Waals surface area contributed by atoms with E-state index in [0.717, 1.165) is 24.4 Å². The summed E-state index contributed by atoms with van der Waals surface area (Å²) in [6.07, 6.45) is 0. The van der Waals surface area contributed by atoms with Crippen molar-refractivity contribution in [3.63, 3.8) is 0 Å². The lowest BCUT2D eigenvalue weighted by atomic mass is 10.2. The summed E-state index contributed by atoms with van der Waals surface area (Å²) in [5, 5.41) is 0. The number of nitrogens with one attached hydrogen (secondary N) is 1. The molecule has 1 aliphatic heterocycles. The van der Waals surface area contributed by atoms with Crippen molar-refractivity contribution in [2.24, 2.45) is 0 Å². The van der Waals surface area contributed by atoms with Crippen LogP contribution in [0.1, 0.15) is 5.56 Å². The lowest BCUT2D eigenvalue weighted by Crippen LogP contribution is -3.15. The number of nitrogens with zero attached hydrogens (tertiary/aromatic N) is 1. The van der Waals surface area contributed by atoms with E-state index >= 15 is 0 Å². The Labute approximate surface area is 158 Å². The number of ether oxygens (including phenoxy) is 1. The SMILES string of the molecule is Cc1ccc(OCC[NH+]2CCN(S(=O)(=O)c3ccc(F)cc3F)CC2)cc1. The van der Waals surface area contributed by atoms with Crippen molar-refractivity contribution in [3.05, 3.63) is 59.7 Å². The molecule has 0 spiro atoms. The van der Waals surface area contributed by atoms with Gasteiger partial charge in [0.1, 0.15) is 35.4 Å². The summed E-state index contributed by atoms with van der Waals surface area (Å²) in [5.41, 5.74) is 1.17. The highest BCUT2D eigenvalue weighted by atomic mass is 32.2. The van der Waals surface area contributed by atoms with Gasteiger partial charge in [-0.3, -0.25) is 0 Å². The number of halogens is 2. The zero-order chi connectivity index (χ0) is 19.4. The molecule has 0 radical (unpaired) electrons. The molecule has 0 aliphatic carbocycles. The van der Waals surface area contributed by atoms with Gasteiger partial charge in [-0.05, 0) is 31.2 Å². The van der Waals surface area contributed by atoms with Gasteiger partial charge >= 0.3 is 0 Å². The first kappa shape index (κ1) is 19.7. The van der Waals surface area contributed by atoms with Crippen LogP contribution in [0.3, 0.4) is 0 Å². The fourth-order valence-corrected chi connectivity index (χ4v) is 4.55. The summed E-state index contributed by atoms with van der Waals surface area (Å²) >= 11 is 0. The van der Waals surface area contributed by atoms with Crippen LogP contribution in [0.25, 0.3) is 0 Å². The third-order valence-corrected chi connectivity index (χ3v) is 6.62. The van der Waals surface area contributed by atoms with Crippen LogP contribution in [0.4, 0.5) is 8.78 Å². The normalized spacial score (nSPS) is 16.4. The van der Waals surface area contributed by atoms with Crippen LogP contribution in [0.2, 0.25) is 0 Å². The Morgan fingerprint density at radius 2 is 1.74 bits per heavy atom. The summed E-state index contributed by atoms with van der Waals surface area (Å²) in [5.74, 6) is -1.04. The maximum atomic E-state index is 13.9. The maximum Gasteiger partial charge on any atom is 0.246 e. The van der Waals surface area contributed by atoms with Crippen LogP contribution >= 0.6 is 0 Å². The molecule has 1 saturated heterocycles. The van der Waals surface area contributed by atoms with Gasteiger partial charge in [0.15, 0.2) is 0 Å². The fraction of sp³-hybridized carbons (Fsp3) is 0.368. The molecular formula is C19H23F2N2O3S+. The molecule has 0 amide bonds. The van der Waals surface area contributed by atoms with Crippen molar-refractivity contribution in [2.45, 2.75) is 11.8 Å². The van der Waals surface area contributed by atoms with Gasteiger partial charge in [-0.25, -0.2) is 17.2 Å². The van der Waals surface area contributed by atoms with E-state index in [4.69, 9.17) is 4.74 Å². The zero-order valence-electron chi connectivity index (χ0n) is 15.1. The Kier molecular flexibility index (Phi) is 6.08. The largest absolute Gasteiger partial charge is 0.488 e. The van der Waals surface area contributed by atoms with Gasteiger partial charge in [0, 0.05) is 6.07 Å². The Morgan fingerprint density at radius 3 is 2.37 bits per heavy atom. The number of piperazine rings is 1. The Balaban J connectivity index is 1.51. The van der Waals surface area contributed by atoms with Crippen LogP contribution < -0.4 is 9.64 Å². The van der Waals surface area contributed by atoms with E-state index in [2.05, 4.69) is 0 Å². The van der Waals surface area contributed by atoms with Crippen molar-refractivity contribution >= 4 is 10.0 Å². The molecule has 0 bridgehead atoms. The van der Waals surface area contributed by atoms with Gasteiger partial charge in [0.2, 0.25) is 10.0 Å². The number of sulfonamides is 1. The molecule has 0 atom stereocenters. The number of rotatable bonds is 6. The zero-order valence-corrected chi connectivity index (χ0v) is 15.9. The third-order valence-electron chi connectivity index (χ3n) is 4.69. The summed E-state index contributed by atoms with van der Waals surface area (Å²) in [6.45, 7) is 5.11. The molecule has 2 aromatic carbocycles. The van der Waals surface area contributed by atoms with Gasteiger partial charge in [0.05, 0.1) is 26.2 Å². The van der Waals surface area contributed by atoms with E-state index in [-0.39, 0.29) is 0 Å². The first-order valence-corrected chi connectivity index (χ1v) is 10.3. The molecule has 1 fully saturated rings. The van der Waals surface area contributed by atoms with Crippen LogP contribution in [0.15, 0.2) is 47.4 Å². The number of hydrogen-bond donors (Lipinski definition) is 1. The molecule has 3 rings (SSSR count). The Bertz CT molecular complexity index is 880. The van der Waals surface area contributed by atoms with Crippen molar-refractivity contribution in [2.75, 3.05) is 39.3 Å². The molecule has 0 aromatic heterocycles. The molecular weight excluding hydrogens is 374 g/mol. The van der Waals surface area contributed by atoms with Gasteiger partial charge in [-0.1, -0.05) is 17.7 Å². The Hall–Kier alpha value is -2.03. The molecule has 0 saturated carbocycles. The number of aryl methyl sites for hydroxylation is 1. The highest BCUT2D eigenvalue weighted by Gasteiger charge is 2.32. The van der Waals surface area contributed by atoms with E-state index in [9.17, 15) is 17.2 Å². The van der Waals surface area contributed by atoms with E-state index < -0.39 is 26.6 Å². The third kappa shape index (κ3) is 4.82. The minimum Gasteiger partial charge on any atom is -0.488 e. The number of benzene rings is 2. The lowest BCUT2D eigenvalue weighted by molar-refractivity contribution is -0.903. The summed E-state index contributed by atoms with van der Waals surface area (Å²) in [4.78, 5) is 0.753. The minimum absolute atomic E-state index is 0.291. The first-order chi connectivity index (χ1) is 12.9. The van der Waals surface area contributed by atoms with Crippen molar-refractivity contribution < 1.29 is 26.8 Å². The molecule has 5 nitrogen and oxygen atoms in total. The summed E-state index contributed by atoms with van der Waals surface area (Å²) < 4.78 is 59.0. The first-order valence-electron chi connectivity index (χ1n) is 8.84. The summed E-state index contributed by atoms with van der Waals surface area (Å²) in [6, 6.07) is 10.4. The average Bonchev–Trinajstić information content (AvgIpc) is 2.63. The van der Waals surface area contributed by atoms with Crippen LogP contribution in [-0.2, 0) is 10.0 Å². The maximum absolute atomic E-state index is 13.9. The molecule has 1 N–H and O–H groups in total. The molecule has 27 heavy (non-hydrogen) atoms. The molecule has 146 valence electrons. The van der Waals surface area contributed by atoms with Crippen LogP contribution in [-0.4, -0.2) is 52.1 Å². The second kappa shape index (κ2) is 8.33. The average molecular weight is 397 g/mol. The van der Waals surface area contributed by atoms with E-state index in [1.54, 1.807) is 0 Å². The lowest BCUT2D eigenvalue weighted by Gasteiger charge is -2.31. The van der Waals surface area contributed by atoms with E-state index in [1.807, 2.05) is 31.2 Å². The highest BCUT2D eigenvalue weighted by molar-refractivity contribution is 7.89. The quantitative estimate of drug-likeness (QED) is 0.798. The van der Waals surface area contributed by atoms with E-state index in [1.165, 1.54) is 14.8 Å². The van der Waals surface area contributed by atoms with Gasteiger partial charge in [-0.15, -0.1) is 0 Å². The van der Waals surface area contributed by atoms with Crippen LogP contribution in [0, 0.1) is 18.6 Å². The van der Waals surface area contributed by atoms with Crippen molar-refractivity contribution in [3.8, 4) is 5.75 Å². The monoisotopic (exact) mass is 397 g/mol.